The highest BCUT2D eigenvalue weighted by Gasteiger charge is 2.34. The molecule has 0 amide bonds. The maximum absolute atomic E-state index is 5.47. The number of hydrogen-bond acceptors (Lipinski definition) is 1. The molecule has 17 heavy (non-hydrogen) atoms. The molecule has 94 valence electrons. The highest BCUT2D eigenvalue weighted by Crippen LogP contribution is 2.44. The van der Waals surface area contributed by atoms with Gasteiger partial charge in [-0.05, 0) is 49.7 Å². The molecule has 0 radical (unpaired) electrons. The molecule has 1 fully saturated rings. The molecule has 0 spiro atoms. The Morgan fingerprint density at radius 3 is 2.82 bits per heavy atom. The fourth-order valence-electron chi connectivity index (χ4n) is 2.91. The SMILES string of the molecule is COc1ccc(C)cc1CC1(C)CCC(Br)C1. The topological polar surface area (TPSA) is 9.23 Å². The van der Waals surface area contributed by atoms with Gasteiger partial charge in [0.15, 0.2) is 0 Å². The summed E-state index contributed by atoms with van der Waals surface area (Å²) in [5.41, 5.74) is 3.10. The molecule has 2 atom stereocenters. The van der Waals surface area contributed by atoms with Crippen LogP contribution in [-0.4, -0.2) is 11.9 Å². The van der Waals surface area contributed by atoms with E-state index in [9.17, 15) is 0 Å². The lowest BCUT2D eigenvalue weighted by atomic mass is 9.81. The van der Waals surface area contributed by atoms with Crippen LogP contribution >= 0.6 is 15.9 Å². The Morgan fingerprint density at radius 1 is 1.47 bits per heavy atom. The third-order valence-electron chi connectivity index (χ3n) is 3.83. The molecule has 2 heteroatoms. The van der Waals surface area contributed by atoms with Crippen molar-refractivity contribution in [3.63, 3.8) is 0 Å². The van der Waals surface area contributed by atoms with Gasteiger partial charge in [0.1, 0.15) is 5.75 Å². The predicted molar refractivity (Wildman–Crippen MR) is 76.1 cm³/mol. The maximum atomic E-state index is 5.47. The lowest BCUT2D eigenvalue weighted by molar-refractivity contribution is 0.326. The minimum atomic E-state index is 0.426. The van der Waals surface area contributed by atoms with Gasteiger partial charge in [-0.2, -0.15) is 0 Å². The molecule has 0 aliphatic heterocycles. The summed E-state index contributed by atoms with van der Waals surface area (Å²) in [6.07, 6.45) is 4.99. The van der Waals surface area contributed by atoms with Crippen molar-refractivity contribution in [3.05, 3.63) is 29.3 Å². The minimum Gasteiger partial charge on any atom is -0.496 e. The molecule has 0 bridgehead atoms. The summed E-state index contributed by atoms with van der Waals surface area (Å²) in [5, 5.41) is 0. The molecule has 0 N–H and O–H groups in total. The van der Waals surface area contributed by atoms with Gasteiger partial charge in [0.2, 0.25) is 0 Å². The van der Waals surface area contributed by atoms with E-state index in [1.165, 1.54) is 30.4 Å². The Bertz CT molecular complexity index is 402. The fourth-order valence-corrected chi connectivity index (χ4v) is 3.92. The van der Waals surface area contributed by atoms with Crippen LogP contribution in [0, 0.1) is 12.3 Å². The van der Waals surface area contributed by atoms with Crippen molar-refractivity contribution >= 4 is 15.9 Å². The van der Waals surface area contributed by atoms with Gasteiger partial charge in [-0.3, -0.25) is 0 Å². The number of rotatable bonds is 3. The molecule has 1 aromatic rings. The largest absolute Gasteiger partial charge is 0.496 e. The molecule has 1 aliphatic rings. The first-order valence-corrected chi connectivity index (χ1v) is 7.22. The van der Waals surface area contributed by atoms with Crippen molar-refractivity contribution in [2.75, 3.05) is 7.11 Å². The molecule has 1 nitrogen and oxygen atoms in total. The van der Waals surface area contributed by atoms with E-state index in [2.05, 4.69) is 48.0 Å². The summed E-state index contributed by atoms with van der Waals surface area (Å²) in [4.78, 5) is 0.698. The first kappa shape index (κ1) is 12.9. The summed E-state index contributed by atoms with van der Waals surface area (Å²) in [6, 6.07) is 6.48. The van der Waals surface area contributed by atoms with Crippen LogP contribution in [0.1, 0.15) is 37.3 Å². The summed E-state index contributed by atoms with van der Waals surface area (Å²) in [5.74, 6) is 1.04. The van der Waals surface area contributed by atoms with Gasteiger partial charge in [-0.15, -0.1) is 0 Å². The standard InChI is InChI=1S/C15H21BrO/c1-11-4-5-14(17-3)12(8-11)9-15(2)7-6-13(16)10-15/h4-5,8,13H,6-7,9-10H2,1-3H3. The average molecular weight is 297 g/mol. The zero-order valence-electron chi connectivity index (χ0n) is 10.9. The van der Waals surface area contributed by atoms with Crippen molar-refractivity contribution in [1.29, 1.82) is 0 Å². The first-order chi connectivity index (χ1) is 8.02. The van der Waals surface area contributed by atoms with Gasteiger partial charge in [-0.25, -0.2) is 0 Å². The smallest absolute Gasteiger partial charge is 0.122 e. The van der Waals surface area contributed by atoms with E-state index in [-0.39, 0.29) is 0 Å². The Balaban J connectivity index is 2.20. The van der Waals surface area contributed by atoms with Gasteiger partial charge in [0.25, 0.3) is 0 Å². The highest BCUT2D eigenvalue weighted by molar-refractivity contribution is 9.09. The molecule has 0 saturated heterocycles. The second-order valence-electron chi connectivity index (χ2n) is 5.64. The molecule has 2 unspecified atom stereocenters. The van der Waals surface area contributed by atoms with Crippen LogP contribution in [0.2, 0.25) is 0 Å². The quantitative estimate of drug-likeness (QED) is 0.746. The van der Waals surface area contributed by atoms with Crippen molar-refractivity contribution in [2.45, 2.75) is 44.4 Å². The zero-order valence-corrected chi connectivity index (χ0v) is 12.5. The van der Waals surface area contributed by atoms with E-state index in [0.29, 0.717) is 10.2 Å². The number of ether oxygens (including phenoxy) is 1. The predicted octanol–water partition coefficient (Wildman–Crippen LogP) is 4.50. The third-order valence-corrected chi connectivity index (χ3v) is 4.61. The molecular formula is C15H21BrO. The molecule has 1 aliphatic carbocycles. The lowest BCUT2D eigenvalue weighted by Crippen LogP contribution is -2.16. The second-order valence-corrected chi connectivity index (χ2v) is 6.94. The lowest BCUT2D eigenvalue weighted by Gasteiger charge is -2.25. The van der Waals surface area contributed by atoms with Crippen LogP contribution in [-0.2, 0) is 6.42 Å². The Hall–Kier alpha value is -0.500. The van der Waals surface area contributed by atoms with Crippen molar-refractivity contribution in [3.8, 4) is 5.75 Å². The number of hydrogen-bond donors (Lipinski definition) is 0. The van der Waals surface area contributed by atoms with Crippen molar-refractivity contribution in [2.24, 2.45) is 5.41 Å². The minimum absolute atomic E-state index is 0.426. The number of aryl methyl sites for hydroxylation is 1. The van der Waals surface area contributed by atoms with Crippen LogP contribution in [0.15, 0.2) is 18.2 Å². The van der Waals surface area contributed by atoms with Crippen molar-refractivity contribution in [1.82, 2.24) is 0 Å². The van der Waals surface area contributed by atoms with Crippen molar-refractivity contribution < 1.29 is 4.74 Å². The van der Waals surface area contributed by atoms with Gasteiger partial charge in [-0.1, -0.05) is 40.5 Å². The van der Waals surface area contributed by atoms with Gasteiger partial charge in [0.05, 0.1) is 7.11 Å². The molecular weight excluding hydrogens is 276 g/mol. The monoisotopic (exact) mass is 296 g/mol. The van der Waals surface area contributed by atoms with E-state index >= 15 is 0 Å². The Kier molecular flexibility index (Phi) is 3.82. The van der Waals surface area contributed by atoms with Crippen LogP contribution in [0.4, 0.5) is 0 Å². The third kappa shape index (κ3) is 3.04. The van der Waals surface area contributed by atoms with Gasteiger partial charge < -0.3 is 4.74 Å². The molecule has 0 heterocycles. The summed E-state index contributed by atoms with van der Waals surface area (Å²) < 4.78 is 5.47. The summed E-state index contributed by atoms with van der Waals surface area (Å²) >= 11 is 3.75. The molecule has 1 saturated carbocycles. The summed E-state index contributed by atoms with van der Waals surface area (Å²) in [7, 11) is 1.76. The van der Waals surface area contributed by atoms with Crippen LogP contribution < -0.4 is 4.74 Å². The number of alkyl halides is 1. The number of benzene rings is 1. The van der Waals surface area contributed by atoms with E-state index in [1.54, 1.807) is 7.11 Å². The number of halogens is 1. The van der Waals surface area contributed by atoms with Gasteiger partial charge in [0, 0.05) is 4.83 Å². The summed E-state index contributed by atoms with van der Waals surface area (Å²) in [6.45, 7) is 4.54. The Morgan fingerprint density at radius 2 is 2.24 bits per heavy atom. The van der Waals surface area contributed by atoms with Crippen LogP contribution in [0.25, 0.3) is 0 Å². The normalized spacial score (nSPS) is 28.4. The van der Waals surface area contributed by atoms with E-state index in [4.69, 9.17) is 4.74 Å². The molecule has 0 aromatic heterocycles. The van der Waals surface area contributed by atoms with Crippen LogP contribution in [0.3, 0.4) is 0 Å². The maximum Gasteiger partial charge on any atom is 0.122 e. The molecule has 2 rings (SSSR count). The highest BCUT2D eigenvalue weighted by atomic mass is 79.9. The first-order valence-electron chi connectivity index (χ1n) is 6.30. The second kappa shape index (κ2) is 5.01. The molecule has 1 aromatic carbocycles. The Labute approximate surface area is 113 Å². The van der Waals surface area contributed by atoms with E-state index in [1.807, 2.05) is 0 Å². The zero-order chi connectivity index (χ0) is 12.5. The van der Waals surface area contributed by atoms with Crippen LogP contribution in [0.5, 0.6) is 5.75 Å². The average Bonchev–Trinajstić information content (AvgIpc) is 2.59. The van der Waals surface area contributed by atoms with Gasteiger partial charge >= 0.3 is 0 Å². The van der Waals surface area contributed by atoms with E-state index in [0.717, 1.165) is 12.2 Å². The number of methoxy groups -OCH3 is 1. The van der Waals surface area contributed by atoms with E-state index < -0.39 is 0 Å². The fraction of sp³-hybridized carbons (Fsp3) is 0.600.